The highest BCUT2D eigenvalue weighted by Crippen LogP contribution is 2.26. The van der Waals surface area contributed by atoms with Gasteiger partial charge in [-0.3, -0.25) is 19.1 Å². The van der Waals surface area contributed by atoms with Gasteiger partial charge in [-0.05, 0) is 48.4 Å². The Labute approximate surface area is 251 Å². The molecule has 1 amide bonds. The predicted molar refractivity (Wildman–Crippen MR) is 166 cm³/mol. The van der Waals surface area contributed by atoms with Gasteiger partial charge in [0.05, 0.1) is 24.5 Å². The number of rotatable bonds is 9. The molecule has 3 heterocycles. The van der Waals surface area contributed by atoms with Crippen LogP contribution in [0.15, 0.2) is 108 Å². The Hall–Kier alpha value is -5.64. The van der Waals surface area contributed by atoms with Gasteiger partial charge >= 0.3 is 0 Å². The summed E-state index contributed by atoms with van der Waals surface area (Å²) < 4.78 is 30.3. The van der Waals surface area contributed by atoms with Gasteiger partial charge in [0.2, 0.25) is 5.91 Å². The molecule has 10 heteroatoms. The van der Waals surface area contributed by atoms with E-state index >= 15 is 0 Å². The molecule has 0 radical (unpaired) electrons. The van der Waals surface area contributed by atoms with Gasteiger partial charge in [-0.1, -0.05) is 54.6 Å². The highest BCUT2D eigenvalue weighted by atomic mass is 19.1. The Balaban J connectivity index is 1.24. The lowest BCUT2D eigenvalue weighted by molar-refractivity contribution is -0.121. The van der Waals surface area contributed by atoms with E-state index in [0.717, 1.165) is 27.7 Å². The van der Waals surface area contributed by atoms with E-state index < -0.39 is 17.3 Å². The SMILES string of the molecule is C[C@@H](Nc1ncc(-c2ccccc2F)n(CC(=O)NCc2cc3cnccc3[nH]2)c1=O)c1ccc(-c2ccccc2F)cc1. The number of nitrogens with one attached hydrogen (secondary N) is 3. The molecule has 0 aliphatic carbocycles. The quantitative estimate of drug-likeness (QED) is 0.185. The van der Waals surface area contributed by atoms with Crippen molar-refractivity contribution in [3.8, 4) is 22.4 Å². The topological polar surface area (TPSA) is 105 Å². The number of fused-ring (bicyclic) bond motifs is 1. The molecule has 1 atom stereocenters. The molecule has 3 aromatic heterocycles. The summed E-state index contributed by atoms with van der Waals surface area (Å²) in [7, 11) is 0. The van der Waals surface area contributed by atoms with E-state index in [-0.39, 0.29) is 42.0 Å². The molecule has 0 saturated heterocycles. The number of aromatic nitrogens is 4. The van der Waals surface area contributed by atoms with Crippen molar-refractivity contribution in [1.29, 1.82) is 0 Å². The average Bonchev–Trinajstić information content (AvgIpc) is 3.46. The van der Waals surface area contributed by atoms with Crippen LogP contribution < -0.4 is 16.2 Å². The Morgan fingerprint density at radius 3 is 2.34 bits per heavy atom. The summed E-state index contributed by atoms with van der Waals surface area (Å²) in [6.07, 6.45) is 4.78. The van der Waals surface area contributed by atoms with E-state index in [1.165, 1.54) is 29.0 Å². The van der Waals surface area contributed by atoms with Crippen LogP contribution in [-0.2, 0) is 17.9 Å². The zero-order valence-electron chi connectivity index (χ0n) is 23.7. The fraction of sp³-hybridized carbons (Fsp3) is 0.118. The number of hydrogen-bond donors (Lipinski definition) is 3. The highest BCUT2D eigenvalue weighted by Gasteiger charge is 2.19. The molecule has 0 unspecified atom stereocenters. The Kier molecular flexibility index (Phi) is 7.96. The predicted octanol–water partition coefficient (Wildman–Crippen LogP) is 6.22. The van der Waals surface area contributed by atoms with E-state index in [1.54, 1.807) is 42.7 Å². The lowest BCUT2D eigenvalue weighted by Gasteiger charge is -2.18. The number of carbonyl (C=O) groups excluding carboxylic acids is 1. The van der Waals surface area contributed by atoms with Crippen LogP contribution in [0.5, 0.6) is 0 Å². The van der Waals surface area contributed by atoms with E-state index in [0.29, 0.717) is 5.56 Å². The molecule has 6 aromatic rings. The molecule has 0 fully saturated rings. The van der Waals surface area contributed by atoms with Crippen LogP contribution in [0.25, 0.3) is 33.3 Å². The van der Waals surface area contributed by atoms with Crippen LogP contribution in [0.1, 0.15) is 24.2 Å². The third-order valence-corrected chi connectivity index (χ3v) is 7.41. The van der Waals surface area contributed by atoms with Crippen molar-refractivity contribution in [3.05, 3.63) is 137 Å². The molecule has 8 nitrogen and oxygen atoms in total. The first-order chi connectivity index (χ1) is 21.4. The number of carbonyl (C=O) groups is 1. The third-order valence-electron chi connectivity index (χ3n) is 7.41. The zero-order valence-corrected chi connectivity index (χ0v) is 23.7. The number of hydrogen-bond acceptors (Lipinski definition) is 5. The molecule has 44 heavy (non-hydrogen) atoms. The van der Waals surface area contributed by atoms with Crippen LogP contribution in [0.3, 0.4) is 0 Å². The molecule has 0 aliphatic rings. The lowest BCUT2D eigenvalue weighted by Crippen LogP contribution is -2.34. The number of aromatic amines is 1. The van der Waals surface area contributed by atoms with Crippen molar-refractivity contribution in [2.45, 2.75) is 26.1 Å². The Morgan fingerprint density at radius 1 is 0.932 bits per heavy atom. The van der Waals surface area contributed by atoms with Crippen LogP contribution in [0.4, 0.5) is 14.6 Å². The monoisotopic (exact) mass is 590 g/mol. The summed E-state index contributed by atoms with van der Waals surface area (Å²) in [6.45, 7) is 1.71. The fourth-order valence-corrected chi connectivity index (χ4v) is 5.08. The molecule has 0 bridgehead atoms. The van der Waals surface area contributed by atoms with Crippen molar-refractivity contribution >= 4 is 22.6 Å². The summed E-state index contributed by atoms with van der Waals surface area (Å²) in [5, 5.41) is 6.86. The molecule has 0 saturated carbocycles. The Morgan fingerprint density at radius 2 is 1.64 bits per heavy atom. The molecular weight excluding hydrogens is 562 g/mol. The number of anilines is 1. The maximum absolute atomic E-state index is 14.8. The van der Waals surface area contributed by atoms with Crippen LogP contribution in [0, 0.1) is 11.6 Å². The summed E-state index contributed by atoms with van der Waals surface area (Å²) in [6, 6.07) is 23.2. The zero-order chi connectivity index (χ0) is 30.6. The van der Waals surface area contributed by atoms with Gasteiger partial charge in [-0.25, -0.2) is 13.8 Å². The van der Waals surface area contributed by atoms with Gasteiger partial charge in [0.1, 0.15) is 18.2 Å². The smallest absolute Gasteiger partial charge is 0.294 e. The van der Waals surface area contributed by atoms with Gasteiger partial charge in [-0.15, -0.1) is 0 Å². The second-order valence-electron chi connectivity index (χ2n) is 10.4. The second-order valence-corrected chi connectivity index (χ2v) is 10.4. The van der Waals surface area contributed by atoms with Gasteiger partial charge < -0.3 is 15.6 Å². The van der Waals surface area contributed by atoms with Gasteiger partial charge in [0.25, 0.3) is 5.56 Å². The average molecular weight is 591 g/mol. The number of H-pyrrole nitrogens is 1. The van der Waals surface area contributed by atoms with Gasteiger partial charge in [0, 0.05) is 40.1 Å². The van der Waals surface area contributed by atoms with Crippen molar-refractivity contribution in [2.75, 3.05) is 5.32 Å². The maximum Gasteiger partial charge on any atom is 0.294 e. The van der Waals surface area contributed by atoms with E-state index in [1.807, 2.05) is 43.3 Å². The van der Waals surface area contributed by atoms with Crippen molar-refractivity contribution < 1.29 is 13.6 Å². The number of halogens is 2. The van der Waals surface area contributed by atoms with Crippen LogP contribution in [0.2, 0.25) is 0 Å². The summed E-state index contributed by atoms with van der Waals surface area (Å²) >= 11 is 0. The van der Waals surface area contributed by atoms with Gasteiger partial charge in [-0.2, -0.15) is 0 Å². The second kappa shape index (κ2) is 12.3. The first-order valence-electron chi connectivity index (χ1n) is 14.0. The Bertz CT molecular complexity index is 1990. The highest BCUT2D eigenvalue weighted by molar-refractivity contribution is 5.80. The van der Waals surface area contributed by atoms with Crippen molar-refractivity contribution in [1.82, 2.24) is 24.8 Å². The minimum absolute atomic E-state index is 0.00619. The molecule has 6 rings (SSSR count). The number of pyridine rings is 1. The largest absolute Gasteiger partial charge is 0.359 e. The van der Waals surface area contributed by atoms with Crippen LogP contribution >= 0.6 is 0 Å². The summed E-state index contributed by atoms with van der Waals surface area (Å²) in [4.78, 5) is 38.5. The molecule has 3 aromatic carbocycles. The minimum Gasteiger partial charge on any atom is -0.359 e. The summed E-state index contributed by atoms with van der Waals surface area (Å²) in [5.74, 6) is -1.28. The normalized spacial score (nSPS) is 11.8. The standard InChI is InChI=1S/C34H28F2N6O2/c1-21(22-10-12-23(13-11-22)26-6-2-4-8-28(26)35)40-33-34(44)42(31(19-39-33)27-7-3-5-9-29(27)36)20-32(43)38-18-25-16-24-17-37-15-14-30(24)41-25/h2-17,19,21,41H,18,20H2,1H3,(H,38,43)(H,39,40)/t21-/m1/s1. The first-order valence-corrected chi connectivity index (χ1v) is 14.0. The molecule has 220 valence electrons. The lowest BCUT2D eigenvalue weighted by atomic mass is 10.0. The van der Waals surface area contributed by atoms with E-state index in [2.05, 4.69) is 25.6 Å². The number of amides is 1. The molecule has 0 aliphatic heterocycles. The van der Waals surface area contributed by atoms with Crippen molar-refractivity contribution in [3.63, 3.8) is 0 Å². The third kappa shape index (κ3) is 5.96. The molecule has 0 spiro atoms. The van der Waals surface area contributed by atoms with E-state index in [4.69, 9.17) is 0 Å². The first kappa shape index (κ1) is 28.5. The van der Waals surface area contributed by atoms with Crippen molar-refractivity contribution in [2.24, 2.45) is 0 Å². The van der Waals surface area contributed by atoms with Crippen LogP contribution in [-0.4, -0.2) is 25.4 Å². The van der Waals surface area contributed by atoms with E-state index in [9.17, 15) is 18.4 Å². The fourth-order valence-electron chi connectivity index (χ4n) is 5.08. The van der Waals surface area contributed by atoms with Gasteiger partial charge in [0.15, 0.2) is 5.82 Å². The summed E-state index contributed by atoms with van der Waals surface area (Å²) in [5.41, 5.74) is 3.47. The molecule has 3 N–H and O–H groups in total. The molecular formula is C34H28F2N6O2. The number of nitrogens with zero attached hydrogens (tertiary/aromatic N) is 3. The minimum atomic E-state index is -0.576. The number of benzene rings is 3. The maximum atomic E-state index is 14.8.